The van der Waals surface area contributed by atoms with E-state index in [4.69, 9.17) is 14.2 Å². The lowest BCUT2D eigenvalue weighted by molar-refractivity contribution is 0.280. The van der Waals surface area contributed by atoms with Crippen LogP contribution in [0.1, 0.15) is 16.7 Å². The van der Waals surface area contributed by atoms with Gasteiger partial charge in [-0.05, 0) is 54.4 Å². The molecule has 160 valence electrons. The van der Waals surface area contributed by atoms with Gasteiger partial charge in [-0.25, -0.2) is 4.39 Å². The lowest BCUT2D eigenvalue weighted by Crippen LogP contribution is -2.17. The van der Waals surface area contributed by atoms with Gasteiger partial charge in [-0.1, -0.05) is 36.4 Å². The number of hydrogen-bond donors (Lipinski definition) is 1. The fraction of sp³-hybridized carbons (Fsp3) is 0.250. The summed E-state index contributed by atoms with van der Waals surface area (Å²) in [6.45, 7) is 1.84. The summed E-state index contributed by atoms with van der Waals surface area (Å²) in [5.74, 6) is 1.99. The van der Waals surface area contributed by atoms with Crippen LogP contribution in [0.2, 0.25) is 0 Å². The highest BCUT2D eigenvalue weighted by Crippen LogP contribution is 2.31. The van der Waals surface area contributed by atoms with E-state index in [2.05, 4.69) is 17.4 Å². The Morgan fingerprint density at radius 2 is 1.53 bits per heavy atom. The van der Waals surface area contributed by atoms with Crippen molar-refractivity contribution >= 4 is 12.4 Å². The molecule has 0 fully saturated rings. The third-order valence-corrected chi connectivity index (χ3v) is 4.64. The average molecular weight is 432 g/mol. The number of rotatable bonds is 10. The van der Waals surface area contributed by atoms with Gasteiger partial charge in [0.25, 0.3) is 0 Å². The number of benzene rings is 3. The second kappa shape index (κ2) is 12.1. The van der Waals surface area contributed by atoms with Gasteiger partial charge in [0.1, 0.15) is 18.2 Å². The summed E-state index contributed by atoms with van der Waals surface area (Å²) in [5, 5.41) is 3.46. The molecular formula is C24H27ClFNO3. The first kappa shape index (κ1) is 23.5. The summed E-state index contributed by atoms with van der Waals surface area (Å²) in [6.07, 6.45) is 0.916. The molecule has 6 heteroatoms. The SMILES string of the molecule is COc1ccc(CCNCc2cccc(OC)c2OCc2ccc(F)cc2)cc1.Cl. The molecule has 0 unspecified atom stereocenters. The Morgan fingerprint density at radius 1 is 0.833 bits per heavy atom. The smallest absolute Gasteiger partial charge is 0.166 e. The van der Waals surface area contributed by atoms with E-state index >= 15 is 0 Å². The minimum absolute atomic E-state index is 0. The molecule has 0 bridgehead atoms. The Kier molecular flexibility index (Phi) is 9.45. The Hall–Kier alpha value is -2.76. The summed E-state index contributed by atoms with van der Waals surface area (Å²) >= 11 is 0. The molecule has 0 amide bonds. The van der Waals surface area contributed by atoms with Gasteiger partial charge in [0.2, 0.25) is 0 Å². The fourth-order valence-electron chi connectivity index (χ4n) is 3.01. The van der Waals surface area contributed by atoms with Gasteiger partial charge in [-0.3, -0.25) is 0 Å². The van der Waals surface area contributed by atoms with Crippen molar-refractivity contribution in [2.75, 3.05) is 20.8 Å². The molecule has 0 saturated heterocycles. The van der Waals surface area contributed by atoms with Gasteiger partial charge >= 0.3 is 0 Å². The number of hydrogen-bond acceptors (Lipinski definition) is 4. The zero-order valence-electron chi connectivity index (χ0n) is 17.2. The Bertz CT molecular complexity index is 901. The predicted molar refractivity (Wildman–Crippen MR) is 119 cm³/mol. The molecule has 3 rings (SSSR count). The third kappa shape index (κ3) is 6.65. The summed E-state index contributed by atoms with van der Waals surface area (Å²) in [5.41, 5.74) is 3.16. The van der Waals surface area contributed by atoms with E-state index in [1.165, 1.54) is 17.7 Å². The van der Waals surface area contributed by atoms with Gasteiger partial charge < -0.3 is 19.5 Å². The number of ether oxygens (including phenoxy) is 3. The van der Waals surface area contributed by atoms with Crippen LogP contribution < -0.4 is 19.5 Å². The molecule has 0 heterocycles. The van der Waals surface area contributed by atoms with Crippen LogP contribution in [0, 0.1) is 5.82 Å². The highest BCUT2D eigenvalue weighted by molar-refractivity contribution is 5.85. The highest BCUT2D eigenvalue weighted by Gasteiger charge is 2.11. The van der Waals surface area contributed by atoms with Gasteiger partial charge in [-0.15, -0.1) is 12.4 Å². The zero-order chi connectivity index (χ0) is 20.5. The molecule has 1 N–H and O–H groups in total. The van der Waals surface area contributed by atoms with Crippen molar-refractivity contribution in [3.8, 4) is 17.2 Å². The molecule has 0 aliphatic heterocycles. The summed E-state index contributed by atoms with van der Waals surface area (Å²) in [6, 6.07) is 20.2. The maximum absolute atomic E-state index is 13.1. The van der Waals surface area contributed by atoms with Gasteiger partial charge in [0.15, 0.2) is 11.5 Å². The molecule has 3 aromatic rings. The van der Waals surface area contributed by atoms with Crippen molar-refractivity contribution in [2.24, 2.45) is 0 Å². The van der Waals surface area contributed by atoms with Gasteiger partial charge in [0, 0.05) is 12.1 Å². The van der Waals surface area contributed by atoms with Crippen molar-refractivity contribution in [3.05, 3.63) is 89.2 Å². The number of halogens is 2. The second-order valence-corrected chi connectivity index (χ2v) is 6.64. The molecule has 0 saturated carbocycles. The van der Waals surface area contributed by atoms with Crippen LogP contribution in [-0.4, -0.2) is 20.8 Å². The van der Waals surface area contributed by atoms with Crippen molar-refractivity contribution in [1.29, 1.82) is 0 Å². The summed E-state index contributed by atoms with van der Waals surface area (Å²) < 4.78 is 29.8. The molecule has 0 atom stereocenters. The quantitative estimate of drug-likeness (QED) is 0.449. The first-order valence-electron chi connectivity index (χ1n) is 9.56. The summed E-state index contributed by atoms with van der Waals surface area (Å²) in [4.78, 5) is 0. The van der Waals surface area contributed by atoms with Crippen molar-refractivity contribution in [2.45, 2.75) is 19.6 Å². The molecule has 0 spiro atoms. The van der Waals surface area contributed by atoms with Crippen molar-refractivity contribution in [1.82, 2.24) is 5.32 Å². The molecule has 0 aliphatic rings. The van der Waals surface area contributed by atoms with E-state index in [0.29, 0.717) is 24.7 Å². The van der Waals surface area contributed by atoms with Crippen LogP contribution in [0.4, 0.5) is 4.39 Å². The minimum Gasteiger partial charge on any atom is -0.497 e. The predicted octanol–water partition coefficient (Wildman–Crippen LogP) is 5.18. The van der Waals surface area contributed by atoms with Crippen molar-refractivity contribution < 1.29 is 18.6 Å². The van der Waals surface area contributed by atoms with Crippen LogP contribution >= 0.6 is 12.4 Å². The third-order valence-electron chi connectivity index (χ3n) is 4.64. The molecular weight excluding hydrogens is 405 g/mol. The zero-order valence-corrected chi connectivity index (χ0v) is 18.0. The lowest BCUT2D eigenvalue weighted by Gasteiger charge is -2.16. The Balaban J connectivity index is 0.00000320. The Labute approximate surface area is 183 Å². The number of methoxy groups -OCH3 is 2. The standard InChI is InChI=1S/C24H26FNO3.ClH/c1-27-22-12-8-18(9-13-22)14-15-26-16-20-4-3-5-23(28-2)24(20)29-17-19-6-10-21(25)11-7-19;/h3-13,26H,14-17H2,1-2H3;1H. The summed E-state index contributed by atoms with van der Waals surface area (Å²) in [7, 11) is 3.29. The highest BCUT2D eigenvalue weighted by atomic mass is 35.5. The first-order chi connectivity index (χ1) is 14.2. The molecule has 3 aromatic carbocycles. The Morgan fingerprint density at radius 3 is 2.20 bits per heavy atom. The van der Waals surface area contributed by atoms with Crippen LogP contribution in [0.5, 0.6) is 17.2 Å². The van der Waals surface area contributed by atoms with Crippen LogP contribution in [-0.2, 0) is 19.6 Å². The van der Waals surface area contributed by atoms with E-state index < -0.39 is 0 Å². The average Bonchev–Trinajstić information content (AvgIpc) is 2.77. The van der Waals surface area contributed by atoms with Crippen molar-refractivity contribution in [3.63, 3.8) is 0 Å². The van der Waals surface area contributed by atoms with Crippen LogP contribution in [0.25, 0.3) is 0 Å². The van der Waals surface area contributed by atoms with E-state index in [1.807, 2.05) is 30.3 Å². The van der Waals surface area contributed by atoms with Gasteiger partial charge in [-0.2, -0.15) is 0 Å². The van der Waals surface area contributed by atoms with E-state index in [-0.39, 0.29) is 18.2 Å². The van der Waals surface area contributed by atoms with Gasteiger partial charge in [0.05, 0.1) is 14.2 Å². The maximum Gasteiger partial charge on any atom is 0.166 e. The van der Waals surface area contributed by atoms with Crippen LogP contribution in [0.15, 0.2) is 66.7 Å². The minimum atomic E-state index is -0.257. The lowest BCUT2D eigenvalue weighted by atomic mass is 10.1. The van der Waals surface area contributed by atoms with E-state index in [0.717, 1.165) is 29.8 Å². The maximum atomic E-state index is 13.1. The molecule has 4 nitrogen and oxygen atoms in total. The van der Waals surface area contributed by atoms with Crippen LogP contribution in [0.3, 0.4) is 0 Å². The fourth-order valence-corrected chi connectivity index (χ4v) is 3.01. The normalized spacial score (nSPS) is 10.2. The largest absolute Gasteiger partial charge is 0.497 e. The molecule has 0 radical (unpaired) electrons. The number of nitrogens with one attached hydrogen (secondary N) is 1. The molecule has 0 aromatic heterocycles. The molecule has 30 heavy (non-hydrogen) atoms. The van der Waals surface area contributed by atoms with E-state index in [1.54, 1.807) is 26.4 Å². The molecule has 0 aliphatic carbocycles. The monoisotopic (exact) mass is 431 g/mol. The van der Waals surface area contributed by atoms with E-state index in [9.17, 15) is 4.39 Å². The topological polar surface area (TPSA) is 39.7 Å². The first-order valence-corrected chi connectivity index (χ1v) is 9.56. The number of para-hydroxylation sites is 1. The second-order valence-electron chi connectivity index (χ2n) is 6.64.